The van der Waals surface area contributed by atoms with E-state index in [1.807, 2.05) is 36.4 Å². The predicted molar refractivity (Wildman–Crippen MR) is 186 cm³/mol. The molecule has 0 spiro atoms. The topological polar surface area (TPSA) is 51.8 Å². The van der Waals surface area contributed by atoms with Gasteiger partial charge in [0.2, 0.25) is 0 Å². The molecule has 8 aromatic rings. The Morgan fingerprint density at radius 2 is 1.11 bits per heavy atom. The van der Waals surface area contributed by atoms with Gasteiger partial charge in [-0.3, -0.25) is 0 Å². The third kappa shape index (κ3) is 4.04. The Hall–Kier alpha value is -5.87. The van der Waals surface area contributed by atoms with Crippen molar-refractivity contribution in [1.29, 1.82) is 0 Å². The van der Waals surface area contributed by atoms with Crippen molar-refractivity contribution in [1.82, 2.24) is 15.0 Å². The maximum atomic E-state index is 6.32. The lowest BCUT2D eigenvalue weighted by atomic mass is 9.80. The normalized spacial score (nSPS) is 13.2. The molecule has 1 aliphatic rings. The van der Waals surface area contributed by atoms with Gasteiger partial charge in [0, 0.05) is 32.9 Å². The molecule has 4 nitrogen and oxygen atoms in total. The number of aromatic nitrogens is 3. The fourth-order valence-electron chi connectivity index (χ4n) is 7.17. The SMILES string of the molecule is CC1(C)c2cccc(-c3nc(-c4ccccc4)nc(-c4cccc(-c5ccccc5)c4)n3)c2-c2ccc3oc4ccccc4c3c21. The molecule has 0 atom stereocenters. The number of rotatable bonds is 4. The van der Waals surface area contributed by atoms with Gasteiger partial charge in [-0.2, -0.15) is 0 Å². The second-order valence-electron chi connectivity index (χ2n) is 12.4. The predicted octanol–water partition coefficient (Wildman–Crippen LogP) is 10.7. The Morgan fingerprint density at radius 1 is 0.478 bits per heavy atom. The van der Waals surface area contributed by atoms with E-state index < -0.39 is 0 Å². The smallest absolute Gasteiger partial charge is 0.164 e. The summed E-state index contributed by atoms with van der Waals surface area (Å²) in [4.78, 5) is 15.4. The van der Waals surface area contributed by atoms with Crippen LogP contribution in [-0.4, -0.2) is 15.0 Å². The molecule has 0 bridgehead atoms. The van der Waals surface area contributed by atoms with Crippen molar-refractivity contribution in [3.63, 3.8) is 0 Å². The zero-order valence-corrected chi connectivity index (χ0v) is 25.5. The number of fused-ring (bicyclic) bond motifs is 7. The van der Waals surface area contributed by atoms with E-state index in [-0.39, 0.29) is 5.41 Å². The molecule has 2 aromatic heterocycles. The van der Waals surface area contributed by atoms with E-state index in [1.54, 1.807) is 0 Å². The highest BCUT2D eigenvalue weighted by molar-refractivity contribution is 6.11. The summed E-state index contributed by atoms with van der Waals surface area (Å²) in [6, 6.07) is 48.2. The van der Waals surface area contributed by atoms with Gasteiger partial charge in [0.15, 0.2) is 17.5 Å². The minimum absolute atomic E-state index is 0.255. The molecule has 0 aliphatic heterocycles. The van der Waals surface area contributed by atoms with Crippen LogP contribution >= 0.6 is 0 Å². The van der Waals surface area contributed by atoms with Gasteiger partial charge in [-0.1, -0.05) is 135 Å². The van der Waals surface area contributed by atoms with Crippen molar-refractivity contribution in [2.45, 2.75) is 19.3 Å². The maximum Gasteiger partial charge on any atom is 0.164 e. The number of hydrogen-bond acceptors (Lipinski definition) is 4. The molecule has 0 fully saturated rings. The van der Waals surface area contributed by atoms with Crippen LogP contribution < -0.4 is 0 Å². The number of para-hydroxylation sites is 1. The summed E-state index contributed by atoms with van der Waals surface area (Å²) in [7, 11) is 0. The first-order valence-electron chi connectivity index (χ1n) is 15.6. The van der Waals surface area contributed by atoms with Gasteiger partial charge in [0.25, 0.3) is 0 Å². The van der Waals surface area contributed by atoms with Crippen LogP contribution in [-0.2, 0) is 5.41 Å². The van der Waals surface area contributed by atoms with Crippen LogP contribution in [0.3, 0.4) is 0 Å². The lowest BCUT2D eigenvalue weighted by Crippen LogP contribution is -2.15. The van der Waals surface area contributed by atoms with Crippen molar-refractivity contribution in [2.24, 2.45) is 0 Å². The van der Waals surface area contributed by atoms with Gasteiger partial charge in [-0.25, -0.2) is 15.0 Å². The Balaban J connectivity index is 1.29. The molecule has 0 N–H and O–H groups in total. The standard InChI is InChI=1S/C42H29N3O/c1-42(2)33-21-12-20-32(36(33)31-23-24-35-37(38(31)42)30-19-9-10-22-34(30)46-35)41-44-39(27-15-7-4-8-16-27)43-40(45-41)29-18-11-17-28(25-29)26-13-5-3-6-14-26/h3-25H,1-2H3. The van der Waals surface area contributed by atoms with Crippen molar-refractivity contribution in [2.75, 3.05) is 0 Å². The van der Waals surface area contributed by atoms with Gasteiger partial charge in [-0.05, 0) is 51.6 Å². The largest absolute Gasteiger partial charge is 0.456 e. The zero-order valence-electron chi connectivity index (χ0n) is 25.5. The molecule has 0 saturated heterocycles. The van der Waals surface area contributed by atoms with Crippen molar-refractivity contribution >= 4 is 21.9 Å². The van der Waals surface area contributed by atoms with Gasteiger partial charge >= 0.3 is 0 Å². The molecule has 218 valence electrons. The third-order valence-corrected chi connectivity index (χ3v) is 9.31. The number of furan rings is 1. The average molecular weight is 592 g/mol. The van der Waals surface area contributed by atoms with E-state index in [1.165, 1.54) is 27.6 Å². The summed E-state index contributed by atoms with van der Waals surface area (Å²) < 4.78 is 6.32. The van der Waals surface area contributed by atoms with Gasteiger partial charge in [0.05, 0.1) is 0 Å². The Labute approximate surface area is 267 Å². The first kappa shape index (κ1) is 26.5. The molecular formula is C42H29N3O. The van der Waals surface area contributed by atoms with Gasteiger partial charge in [-0.15, -0.1) is 0 Å². The molecule has 0 unspecified atom stereocenters. The Morgan fingerprint density at radius 3 is 1.91 bits per heavy atom. The molecule has 4 heteroatoms. The Bertz CT molecular complexity index is 2440. The fraction of sp³-hybridized carbons (Fsp3) is 0.0714. The number of benzene rings is 6. The highest BCUT2D eigenvalue weighted by Crippen LogP contribution is 2.55. The summed E-state index contributed by atoms with van der Waals surface area (Å²) in [5, 5.41) is 2.32. The van der Waals surface area contributed by atoms with E-state index >= 15 is 0 Å². The summed E-state index contributed by atoms with van der Waals surface area (Å²) in [5.41, 5.74) is 11.6. The quantitative estimate of drug-likeness (QED) is 0.204. The highest BCUT2D eigenvalue weighted by Gasteiger charge is 2.39. The minimum atomic E-state index is -0.255. The fourth-order valence-corrected chi connectivity index (χ4v) is 7.17. The summed E-state index contributed by atoms with van der Waals surface area (Å²) in [5.74, 6) is 1.96. The molecule has 2 heterocycles. The van der Waals surface area contributed by atoms with Crippen LogP contribution in [0.4, 0.5) is 0 Å². The van der Waals surface area contributed by atoms with Gasteiger partial charge in [0.1, 0.15) is 11.2 Å². The molecule has 0 amide bonds. The van der Waals surface area contributed by atoms with Crippen LogP contribution in [0.25, 0.3) is 78.4 Å². The lowest BCUT2D eigenvalue weighted by molar-refractivity contribution is 0.657. The van der Waals surface area contributed by atoms with Gasteiger partial charge < -0.3 is 4.42 Å². The number of nitrogens with zero attached hydrogens (tertiary/aromatic N) is 3. The van der Waals surface area contributed by atoms with Crippen LogP contribution in [0.5, 0.6) is 0 Å². The molecule has 6 aromatic carbocycles. The summed E-state index contributed by atoms with van der Waals surface area (Å²) in [6.45, 7) is 4.62. The van der Waals surface area contributed by atoms with Crippen molar-refractivity contribution < 1.29 is 4.42 Å². The van der Waals surface area contributed by atoms with Crippen LogP contribution in [0, 0.1) is 0 Å². The highest BCUT2D eigenvalue weighted by atomic mass is 16.3. The van der Waals surface area contributed by atoms with E-state index in [0.717, 1.165) is 44.4 Å². The van der Waals surface area contributed by atoms with Crippen LogP contribution in [0.15, 0.2) is 144 Å². The Kier molecular flexibility index (Phi) is 5.81. The third-order valence-electron chi connectivity index (χ3n) is 9.31. The molecule has 1 aliphatic carbocycles. The minimum Gasteiger partial charge on any atom is -0.456 e. The second-order valence-corrected chi connectivity index (χ2v) is 12.4. The second kappa shape index (κ2) is 10.1. The van der Waals surface area contributed by atoms with E-state index in [9.17, 15) is 0 Å². The summed E-state index contributed by atoms with van der Waals surface area (Å²) in [6.07, 6.45) is 0. The molecule has 0 radical (unpaired) electrons. The first-order valence-corrected chi connectivity index (χ1v) is 15.6. The van der Waals surface area contributed by atoms with E-state index in [4.69, 9.17) is 19.4 Å². The van der Waals surface area contributed by atoms with Crippen LogP contribution in [0.1, 0.15) is 25.0 Å². The molecule has 0 saturated carbocycles. The van der Waals surface area contributed by atoms with E-state index in [0.29, 0.717) is 17.5 Å². The molecule has 46 heavy (non-hydrogen) atoms. The van der Waals surface area contributed by atoms with Crippen molar-refractivity contribution in [3.05, 3.63) is 151 Å². The molecule has 9 rings (SSSR count). The number of hydrogen-bond donors (Lipinski definition) is 0. The van der Waals surface area contributed by atoms with E-state index in [2.05, 4.69) is 117 Å². The van der Waals surface area contributed by atoms with Crippen molar-refractivity contribution in [3.8, 4) is 56.4 Å². The average Bonchev–Trinajstić information content (AvgIpc) is 3.61. The monoisotopic (exact) mass is 591 g/mol. The maximum absolute atomic E-state index is 6.32. The molecular weight excluding hydrogens is 562 g/mol. The van der Waals surface area contributed by atoms with Crippen LogP contribution in [0.2, 0.25) is 0 Å². The first-order chi connectivity index (χ1) is 22.6. The lowest BCUT2D eigenvalue weighted by Gasteiger charge is -2.22. The summed E-state index contributed by atoms with van der Waals surface area (Å²) >= 11 is 0. The zero-order chi connectivity index (χ0) is 30.8.